The molecule has 0 bridgehead atoms. The molecular formula is C13H7Cl5O. The van der Waals surface area contributed by atoms with Crippen molar-refractivity contribution in [2.24, 2.45) is 0 Å². The first-order chi connectivity index (χ1) is 8.95. The lowest BCUT2D eigenvalue weighted by molar-refractivity contribution is 0.220. The molecule has 0 aromatic heterocycles. The van der Waals surface area contributed by atoms with Crippen LogP contribution in [0.15, 0.2) is 30.3 Å². The van der Waals surface area contributed by atoms with E-state index >= 15 is 0 Å². The highest BCUT2D eigenvalue weighted by atomic mass is 35.5. The topological polar surface area (TPSA) is 20.2 Å². The highest BCUT2D eigenvalue weighted by Crippen LogP contribution is 2.47. The minimum Gasteiger partial charge on any atom is -0.384 e. The monoisotopic (exact) mass is 354 g/mol. The molecular weight excluding hydrogens is 349 g/mol. The van der Waals surface area contributed by atoms with Crippen LogP contribution in [0.4, 0.5) is 0 Å². The number of hydrogen-bond acceptors (Lipinski definition) is 1. The molecule has 1 N–H and O–H groups in total. The van der Waals surface area contributed by atoms with Gasteiger partial charge in [-0.3, -0.25) is 0 Å². The third-order valence-electron chi connectivity index (χ3n) is 2.63. The maximum Gasteiger partial charge on any atom is 0.107 e. The van der Waals surface area contributed by atoms with E-state index in [0.717, 1.165) is 0 Å². The van der Waals surface area contributed by atoms with Crippen molar-refractivity contribution in [3.8, 4) is 0 Å². The highest BCUT2D eigenvalue weighted by molar-refractivity contribution is 6.55. The highest BCUT2D eigenvalue weighted by Gasteiger charge is 2.24. The fourth-order valence-electron chi connectivity index (χ4n) is 1.66. The Morgan fingerprint density at radius 3 is 1.58 bits per heavy atom. The fourth-order valence-corrected chi connectivity index (χ4v) is 3.02. The van der Waals surface area contributed by atoms with E-state index in [1.807, 2.05) is 6.07 Å². The second-order valence-electron chi connectivity index (χ2n) is 3.80. The lowest BCUT2D eigenvalue weighted by Crippen LogP contribution is -2.02. The predicted octanol–water partition coefficient (Wildman–Crippen LogP) is 6.04. The van der Waals surface area contributed by atoms with Gasteiger partial charge in [0, 0.05) is 5.56 Å². The Morgan fingerprint density at radius 1 is 0.684 bits per heavy atom. The molecule has 0 aliphatic heterocycles. The third-order valence-corrected chi connectivity index (χ3v) is 4.94. The second-order valence-corrected chi connectivity index (χ2v) is 5.69. The summed E-state index contributed by atoms with van der Waals surface area (Å²) < 4.78 is 0. The lowest BCUT2D eigenvalue weighted by Gasteiger charge is -2.17. The number of aliphatic hydroxyl groups is 1. The van der Waals surface area contributed by atoms with Crippen LogP contribution in [-0.2, 0) is 0 Å². The molecule has 0 radical (unpaired) electrons. The van der Waals surface area contributed by atoms with E-state index in [9.17, 15) is 5.11 Å². The van der Waals surface area contributed by atoms with Gasteiger partial charge >= 0.3 is 0 Å². The zero-order valence-corrected chi connectivity index (χ0v) is 13.1. The van der Waals surface area contributed by atoms with E-state index in [2.05, 4.69) is 0 Å². The van der Waals surface area contributed by atoms with Gasteiger partial charge in [-0.05, 0) is 5.56 Å². The normalized spacial score (nSPS) is 12.5. The molecule has 0 aliphatic rings. The van der Waals surface area contributed by atoms with Crippen LogP contribution in [0, 0.1) is 0 Å². The van der Waals surface area contributed by atoms with Gasteiger partial charge in [0.1, 0.15) is 6.10 Å². The smallest absolute Gasteiger partial charge is 0.107 e. The predicted molar refractivity (Wildman–Crippen MR) is 82.0 cm³/mol. The molecule has 0 amide bonds. The molecule has 1 nitrogen and oxygen atoms in total. The van der Waals surface area contributed by atoms with Crippen molar-refractivity contribution in [2.45, 2.75) is 6.10 Å². The van der Waals surface area contributed by atoms with Crippen LogP contribution in [0.25, 0.3) is 0 Å². The van der Waals surface area contributed by atoms with Gasteiger partial charge in [0.05, 0.1) is 25.1 Å². The van der Waals surface area contributed by atoms with Crippen LogP contribution < -0.4 is 0 Å². The SMILES string of the molecule is OC(c1ccccc1)c1c(Cl)c(Cl)c(Cl)c(Cl)c1Cl. The van der Waals surface area contributed by atoms with Crippen molar-refractivity contribution in [3.05, 3.63) is 66.6 Å². The van der Waals surface area contributed by atoms with E-state index in [4.69, 9.17) is 58.0 Å². The Hall–Kier alpha value is -0.150. The third kappa shape index (κ3) is 2.82. The summed E-state index contributed by atoms with van der Waals surface area (Å²) in [5.74, 6) is 0. The minimum atomic E-state index is -1.03. The maximum absolute atomic E-state index is 10.4. The van der Waals surface area contributed by atoms with Gasteiger partial charge in [-0.1, -0.05) is 88.3 Å². The van der Waals surface area contributed by atoms with Gasteiger partial charge in [-0.2, -0.15) is 0 Å². The molecule has 1 unspecified atom stereocenters. The number of benzene rings is 2. The molecule has 2 aromatic rings. The Kier molecular flexibility index (Phi) is 4.88. The number of aliphatic hydroxyl groups excluding tert-OH is 1. The lowest BCUT2D eigenvalue weighted by atomic mass is 10.0. The van der Waals surface area contributed by atoms with Crippen molar-refractivity contribution < 1.29 is 5.11 Å². The van der Waals surface area contributed by atoms with Crippen molar-refractivity contribution >= 4 is 58.0 Å². The molecule has 19 heavy (non-hydrogen) atoms. The van der Waals surface area contributed by atoms with E-state index in [-0.39, 0.29) is 30.7 Å². The summed E-state index contributed by atoms with van der Waals surface area (Å²) in [7, 11) is 0. The zero-order valence-electron chi connectivity index (χ0n) is 9.30. The van der Waals surface area contributed by atoms with E-state index in [1.165, 1.54) is 0 Å². The molecule has 100 valence electrons. The average molecular weight is 356 g/mol. The summed E-state index contributed by atoms with van der Waals surface area (Å²) in [5, 5.41) is 10.8. The van der Waals surface area contributed by atoms with Crippen molar-refractivity contribution in [1.82, 2.24) is 0 Å². The second kappa shape index (κ2) is 6.09. The van der Waals surface area contributed by atoms with Crippen LogP contribution in [0.5, 0.6) is 0 Å². The maximum atomic E-state index is 10.4. The van der Waals surface area contributed by atoms with Crippen molar-refractivity contribution in [1.29, 1.82) is 0 Å². The van der Waals surface area contributed by atoms with Gasteiger partial charge < -0.3 is 5.11 Å². The fraction of sp³-hybridized carbons (Fsp3) is 0.0769. The average Bonchev–Trinajstić information content (AvgIpc) is 2.44. The molecule has 6 heteroatoms. The van der Waals surface area contributed by atoms with Crippen LogP contribution in [0.2, 0.25) is 25.1 Å². The summed E-state index contributed by atoms with van der Waals surface area (Å²) in [6, 6.07) is 8.90. The minimum absolute atomic E-state index is 0.0716. The standard InChI is InChI=1S/C13H7Cl5O/c14-8-7(9(15)11(17)12(18)10(8)16)13(19)6-4-2-1-3-5-6/h1-5,13,19H. The van der Waals surface area contributed by atoms with Gasteiger partial charge in [0.25, 0.3) is 0 Å². The first-order valence-corrected chi connectivity index (χ1v) is 7.08. The summed E-state index contributed by atoms with van der Waals surface area (Å²) >= 11 is 30.0. The summed E-state index contributed by atoms with van der Waals surface area (Å²) in [6.45, 7) is 0. The molecule has 2 rings (SSSR count). The van der Waals surface area contributed by atoms with Crippen molar-refractivity contribution in [3.63, 3.8) is 0 Å². The van der Waals surface area contributed by atoms with E-state index in [1.54, 1.807) is 24.3 Å². The van der Waals surface area contributed by atoms with Gasteiger partial charge in [-0.15, -0.1) is 0 Å². The molecule has 0 spiro atoms. The van der Waals surface area contributed by atoms with Crippen LogP contribution >= 0.6 is 58.0 Å². The molecule has 0 aliphatic carbocycles. The van der Waals surface area contributed by atoms with Crippen LogP contribution in [0.3, 0.4) is 0 Å². The van der Waals surface area contributed by atoms with Crippen LogP contribution in [0.1, 0.15) is 17.2 Å². The number of hydrogen-bond donors (Lipinski definition) is 1. The number of rotatable bonds is 2. The van der Waals surface area contributed by atoms with E-state index < -0.39 is 6.10 Å². The summed E-state index contributed by atoms with van der Waals surface area (Å²) in [4.78, 5) is 0. The Labute approximate surface area is 135 Å². The summed E-state index contributed by atoms with van der Waals surface area (Å²) in [5.41, 5.74) is 0.870. The Bertz CT molecular complexity index is 583. The largest absolute Gasteiger partial charge is 0.384 e. The van der Waals surface area contributed by atoms with Gasteiger partial charge in [-0.25, -0.2) is 0 Å². The number of halogens is 5. The van der Waals surface area contributed by atoms with Gasteiger partial charge in [0.2, 0.25) is 0 Å². The molecule has 0 saturated carbocycles. The summed E-state index contributed by atoms with van der Waals surface area (Å²) in [6.07, 6.45) is -1.03. The van der Waals surface area contributed by atoms with Crippen LogP contribution in [-0.4, -0.2) is 5.11 Å². The quantitative estimate of drug-likeness (QED) is 0.514. The van der Waals surface area contributed by atoms with E-state index in [0.29, 0.717) is 5.56 Å². The zero-order chi connectivity index (χ0) is 14.2. The first kappa shape index (κ1) is 15.2. The molecule has 0 saturated heterocycles. The first-order valence-electron chi connectivity index (χ1n) is 5.19. The Balaban J connectivity index is 2.64. The molecule has 0 fully saturated rings. The molecule has 2 aromatic carbocycles. The molecule has 0 heterocycles. The van der Waals surface area contributed by atoms with Crippen molar-refractivity contribution in [2.75, 3.05) is 0 Å². The Morgan fingerprint density at radius 2 is 1.11 bits per heavy atom. The van der Waals surface area contributed by atoms with Gasteiger partial charge in [0.15, 0.2) is 0 Å². The molecule has 1 atom stereocenters.